The predicted octanol–water partition coefficient (Wildman–Crippen LogP) is 1.70. The Morgan fingerprint density at radius 2 is 2.11 bits per heavy atom. The number of nitro groups is 1. The van der Waals surface area contributed by atoms with E-state index in [1.165, 1.54) is 0 Å². The van der Waals surface area contributed by atoms with Crippen molar-refractivity contribution in [2.24, 2.45) is 5.92 Å². The fraction of sp³-hybridized carbons (Fsp3) is 0.385. The van der Waals surface area contributed by atoms with Crippen LogP contribution in [0.25, 0.3) is 6.08 Å². The molecule has 5 heteroatoms. The van der Waals surface area contributed by atoms with Crippen molar-refractivity contribution in [2.75, 3.05) is 6.61 Å². The normalized spacial score (nSPS) is 28.4. The van der Waals surface area contributed by atoms with Crippen LogP contribution >= 0.6 is 0 Å². The molecule has 1 aromatic rings. The summed E-state index contributed by atoms with van der Waals surface area (Å²) in [6.45, 7) is -0.0437. The van der Waals surface area contributed by atoms with E-state index < -0.39 is 12.3 Å². The molecule has 1 unspecified atom stereocenters. The van der Waals surface area contributed by atoms with Crippen LogP contribution in [-0.2, 0) is 4.74 Å². The summed E-state index contributed by atoms with van der Waals surface area (Å²) in [5, 5.41) is 20.3. The van der Waals surface area contributed by atoms with Crippen molar-refractivity contribution in [3.63, 3.8) is 0 Å². The van der Waals surface area contributed by atoms with Gasteiger partial charge in [0.05, 0.1) is 5.92 Å². The van der Waals surface area contributed by atoms with Gasteiger partial charge in [0, 0.05) is 11.3 Å². The van der Waals surface area contributed by atoms with E-state index in [-0.39, 0.29) is 23.9 Å². The van der Waals surface area contributed by atoms with E-state index in [0.717, 1.165) is 5.56 Å². The number of benzene rings is 1. The van der Waals surface area contributed by atoms with Gasteiger partial charge < -0.3 is 9.84 Å². The quantitative estimate of drug-likeness (QED) is 0.653. The van der Waals surface area contributed by atoms with Gasteiger partial charge >= 0.3 is 0 Å². The van der Waals surface area contributed by atoms with Gasteiger partial charge in [-0.1, -0.05) is 42.5 Å². The molecular formula is C13H15NO4. The Hall–Kier alpha value is -1.72. The predicted molar refractivity (Wildman–Crippen MR) is 66.3 cm³/mol. The lowest BCUT2D eigenvalue weighted by molar-refractivity contribution is -0.542. The summed E-state index contributed by atoms with van der Waals surface area (Å²) in [5.41, 5.74) is 0.987. The van der Waals surface area contributed by atoms with Crippen molar-refractivity contribution in [2.45, 2.75) is 18.8 Å². The summed E-state index contributed by atoms with van der Waals surface area (Å²) in [7, 11) is 0. The second-order valence-corrected chi connectivity index (χ2v) is 4.31. The van der Waals surface area contributed by atoms with Gasteiger partial charge in [0.1, 0.15) is 6.61 Å². The van der Waals surface area contributed by atoms with Gasteiger partial charge in [-0.3, -0.25) is 10.1 Å². The minimum Gasteiger partial charge on any atom is -0.368 e. The molecule has 1 aromatic carbocycles. The topological polar surface area (TPSA) is 72.6 Å². The Labute approximate surface area is 105 Å². The average molecular weight is 249 g/mol. The van der Waals surface area contributed by atoms with Gasteiger partial charge in [0.2, 0.25) is 6.04 Å². The van der Waals surface area contributed by atoms with Crippen molar-refractivity contribution in [3.8, 4) is 0 Å². The van der Waals surface area contributed by atoms with Crippen molar-refractivity contribution in [3.05, 3.63) is 52.1 Å². The lowest BCUT2D eigenvalue weighted by atomic mass is 9.93. The number of hydrogen-bond acceptors (Lipinski definition) is 4. The zero-order chi connectivity index (χ0) is 13.0. The van der Waals surface area contributed by atoms with Gasteiger partial charge in [-0.05, 0) is 5.56 Å². The average Bonchev–Trinajstić information content (AvgIpc) is 2.37. The lowest BCUT2D eigenvalue weighted by Crippen LogP contribution is -2.41. The van der Waals surface area contributed by atoms with Crippen LogP contribution in [0.5, 0.6) is 0 Å². The monoisotopic (exact) mass is 249 g/mol. The fourth-order valence-corrected chi connectivity index (χ4v) is 2.01. The number of aliphatic hydroxyl groups excluding tert-OH is 1. The molecule has 1 fully saturated rings. The van der Waals surface area contributed by atoms with Crippen molar-refractivity contribution in [1.82, 2.24) is 0 Å². The van der Waals surface area contributed by atoms with E-state index in [1.807, 2.05) is 36.4 Å². The first-order valence-electron chi connectivity index (χ1n) is 5.83. The Balaban J connectivity index is 2.09. The zero-order valence-corrected chi connectivity index (χ0v) is 9.81. The zero-order valence-electron chi connectivity index (χ0n) is 9.81. The highest BCUT2D eigenvalue weighted by Gasteiger charge is 2.36. The molecule has 3 atom stereocenters. The lowest BCUT2D eigenvalue weighted by Gasteiger charge is -2.26. The van der Waals surface area contributed by atoms with E-state index in [2.05, 4.69) is 0 Å². The van der Waals surface area contributed by atoms with Crippen LogP contribution in [-0.4, -0.2) is 29.0 Å². The summed E-state index contributed by atoms with van der Waals surface area (Å²) >= 11 is 0. The first-order chi connectivity index (χ1) is 8.66. The SMILES string of the molecule is O=[N+]([O-])[C@@H]1COC(O)C[C@H]1/C=C/c1ccccc1. The Morgan fingerprint density at radius 3 is 2.78 bits per heavy atom. The molecule has 0 amide bonds. The van der Waals surface area contributed by atoms with Crippen LogP contribution in [0.1, 0.15) is 12.0 Å². The van der Waals surface area contributed by atoms with Gasteiger partial charge in [-0.2, -0.15) is 0 Å². The highest BCUT2D eigenvalue weighted by Crippen LogP contribution is 2.23. The Kier molecular flexibility index (Phi) is 4.07. The molecule has 0 aliphatic carbocycles. The molecule has 1 N–H and O–H groups in total. The maximum absolute atomic E-state index is 10.9. The van der Waals surface area contributed by atoms with Crippen molar-refractivity contribution >= 4 is 6.08 Å². The standard InChI is InChI=1S/C13H15NO4/c15-13-8-11(12(9-18-13)14(16)17)7-6-10-4-2-1-3-5-10/h1-7,11-13,15H,8-9H2/b7-6+/t11-,12-,13?/m1/s1. The second-order valence-electron chi connectivity index (χ2n) is 4.31. The van der Waals surface area contributed by atoms with Crippen LogP contribution in [0.15, 0.2) is 36.4 Å². The number of aliphatic hydroxyl groups is 1. The Morgan fingerprint density at radius 1 is 1.39 bits per heavy atom. The molecule has 2 rings (SSSR count). The third-order valence-electron chi connectivity index (χ3n) is 3.03. The molecule has 0 radical (unpaired) electrons. The first-order valence-corrected chi connectivity index (χ1v) is 5.83. The molecule has 0 bridgehead atoms. The minimum atomic E-state index is -0.911. The van der Waals surface area contributed by atoms with Crippen molar-refractivity contribution < 1.29 is 14.8 Å². The van der Waals surface area contributed by atoms with E-state index in [9.17, 15) is 15.2 Å². The summed E-state index contributed by atoms with van der Waals surface area (Å²) in [6, 6.07) is 8.79. The maximum atomic E-state index is 10.9. The third kappa shape index (κ3) is 3.15. The highest BCUT2D eigenvalue weighted by atomic mass is 16.6. The van der Waals surface area contributed by atoms with Gasteiger partial charge in [-0.15, -0.1) is 0 Å². The van der Waals surface area contributed by atoms with Gasteiger partial charge in [-0.25, -0.2) is 0 Å². The molecule has 0 aromatic heterocycles. The summed E-state index contributed by atoms with van der Waals surface area (Å²) in [6.07, 6.45) is 2.98. The van der Waals surface area contributed by atoms with Gasteiger partial charge in [0.25, 0.3) is 0 Å². The second kappa shape index (κ2) is 5.75. The molecule has 18 heavy (non-hydrogen) atoms. The molecule has 1 saturated heterocycles. The fourth-order valence-electron chi connectivity index (χ4n) is 2.01. The van der Waals surface area contributed by atoms with E-state index in [0.29, 0.717) is 0 Å². The van der Waals surface area contributed by atoms with E-state index in [4.69, 9.17) is 4.74 Å². The van der Waals surface area contributed by atoms with Crippen LogP contribution in [0.3, 0.4) is 0 Å². The molecule has 1 heterocycles. The molecule has 0 spiro atoms. The maximum Gasteiger partial charge on any atom is 0.242 e. The molecule has 1 aliphatic heterocycles. The van der Waals surface area contributed by atoms with Crippen molar-refractivity contribution in [1.29, 1.82) is 0 Å². The number of nitrogens with zero attached hydrogens (tertiary/aromatic N) is 1. The van der Waals surface area contributed by atoms with Crippen LogP contribution < -0.4 is 0 Å². The summed E-state index contributed by atoms with van der Waals surface area (Å²) < 4.78 is 4.91. The molecule has 96 valence electrons. The number of hydrogen-bond donors (Lipinski definition) is 1. The molecule has 0 saturated carbocycles. The van der Waals surface area contributed by atoms with Crippen LogP contribution in [0, 0.1) is 16.0 Å². The smallest absolute Gasteiger partial charge is 0.242 e. The summed E-state index contributed by atoms with van der Waals surface area (Å²) in [5.74, 6) is -0.302. The number of rotatable bonds is 3. The highest BCUT2D eigenvalue weighted by molar-refractivity contribution is 5.49. The number of ether oxygens (including phenoxy) is 1. The summed E-state index contributed by atoms with van der Waals surface area (Å²) in [4.78, 5) is 10.6. The molecule has 1 aliphatic rings. The van der Waals surface area contributed by atoms with Crippen LogP contribution in [0.2, 0.25) is 0 Å². The third-order valence-corrected chi connectivity index (χ3v) is 3.03. The van der Waals surface area contributed by atoms with Gasteiger partial charge in [0.15, 0.2) is 6.29 Å². The van der Waals surface area contributed by atoms with E-state index >= 15 is 0 Å². The molecular weight excluding hydrogens is 234 g/mol. The van der Waals surface area contributed by atoms with E-state index in [1.54, 1.807) is 6.08 Å². The first kappa shape index (κ1) is 12.7. The molecule has 5 nitrogen and oxygen atoms in total. The minimum absolute atomic E-state index is 0.0437. The largest absolute Gasteiger partial charge is 0.368 e. The van der Waals surface area contributed by atoms with Crippen LogP contribution in [0.4, 0.5) is 0 Å². The Bertz CT molecular complexity index is 432.